The van der Waals surface area contributed by atoms with Crippen LogP contribution in [0, 0.1) is 11.3 Å². The van der Waals surface area contributed by atoms with Crippen molar-refractivity contribution in [1.82, 2.24) is 10.3 Å². The van der Waals surface area contributed by atoms with Crippen molar-refractivity contribution in [3.05, 3.63) is 35.7 Å². The maximum absolute atomic E-state index is 11.6. The summed E-state index contributed by atoms with van der Waals surface area (Å²) in [6.45, 7) is 3.68. The van der Waals surface area contributed by atoms with Gasteiger partial charge >= 0.3 is 0 Å². The highest BCUT2D eigenvalue weighted by Crippen LogP contribution is 2.03. The SMILES string of the molecule is CC(C)NC(=O)/C(C#N)=C/c1ccccn1. The second-order valence-corrected chi connectivity index (χ2v) is 3.55. The van der Waals surface area contributed by atoms with E-state index < -0.39 is 0 Å². The lowest BCUT2D eigenvalue weighted by molar-refractivity contribution is -0.117. The Morgan fingerprint density at radius 3 is 2.81 bits per heavy atom. The number of carbonyl (C=O) groups excluding carboxylic acids is 1. The molecule has 1 heterocycles. The first kappa shape index (κ1) is 11.9. The molecule has 0 saturated heterocycles. The van der Waals surface area contributed by atoms with Gasteiger partial charge in [-0.05, 0) is 32.1 Å². The Balaban J connectivity index is 2.88. The molecule has 82 valence electrons. The quantitative estimate of drug-likeness (QED) is 0.614. The standard InChI is InChI=1S/C12H13N3O/c1-9(2)15-12(16)10(8-13)7-11-5-3-4-6-14-11/h3-7,9H,1-2H3,(H,15,16)/b10-7+. The zero-order valence-corrected chi connectivity index (χ0v) is 9.27. The van der Waals surface area contributed by atoms with Crippen molar-refractivity contribution in [2.75, 3.05) is 0 Å². The molecule has 1 amide bonds. The van der Waals surface area contributed by atoms with Crippen LogP contribution in [-0.4, -0.2) is 16.9 Å². The zero-order chi connectivity index (χ0) is 12.0. The van der Waals surface area contributed by atoms with Crippen LogP contribution in [0.2, 0.25) is 0 Å². The second-order valence-electron chi connectivity index (χ2n) is 3.55. The smallest absolute Gasteiger partial charge is 0.262 e. The Morgan fingerprint density at radius 1 is 1.56 bits per heavy atom. The first-order valence-electron chi connectivity index (χ1n) is 4.97. The highest BCUT2D eigenvalue weighted by atomic mass is 16.1. The first-order valence-corrected chi connectivity index (χ1v) is 4.97. The lowest BCUT2D eigenvalue weighted by atomic mass is 10.2. The van der Waals surface area contributed by atoms with Crippen molar-refractivity contribution in [3.8, 4) is 6.07 Å². The maximum atomic E-state index is 11.6. The van der Waals surface area contributed by atoms with Gasteiger partial charge in [-0.1, -0.05) is 6.07 Å². The number of rotatable bonds is 3. The lowest BCUT2D eigenvalue weighted by Crippen LogP contribution is -2.30. The number of aromatic nitrogens is 1. The molecule has 0 radical (unpaired) electrons. The molecular weight excluding hydrogens is 202 g/mol. The van der Waals surface area contributed by atoms with E-state index in [1.54, 1.807) is 24.4 Å². The molecule has 0 saturated carbocycles. The third-order valence-electron chi connectivity index (χ3n) is 1.76. The molecule has 1 rings (SSSR count). The monoisotopic (exact) mass is 215 g/mol. The van der Waals surface area contributed by atoms with E-state index in [1.165, 1.54) is 6.08 Å². The molecule has 16 heavy (non-hydrogen) atoms. The Labute approximate surface area is 94.6 Å². The molecule has 4 heteroatoms. The zero-order valence-electron chi connectivity index (χ0n) is 9.27. The van der Waals surface area contributed by atoms with Crippen LogP contribution in [0.3, 0.4) is 0 Å². The van der Waals surface area contributed by atoms with Gasteiger partial charge in [-0.15, -0.1) is 0 Å². The van der Waals surface area contributed by atoms with E-state index >= 15 is 0 Å². The van der Waals surface area contributed by atoms with E-state index in [0.717, 1.165) is 0 Å². The molecule has 0 atom stereocenters. The normalized spacial score (nSPS) is 11.0. The van der Waals surface area contributed by atoms with Crippen LogP contribution in [0.25, 0.3) is 6.08 Å². The number of nitrogens with zero attached hydrogens (tertiary/aromatic N) is 2. The highest BCUT2D eigenvalue weighted by Gasteiger charge is 2.09. The molecule has 4 nitrogen and oxygen atoms in total. The molecule has 1 aromatic rings. The summed E-state index contributed by atoms with van der Waals surface area (Å²) in [4.78, 5) is 15.6. The summed E-state index contributed by atoms with van der Waals surface area (Å²) >= 11 is 0. The van der Waals surface area contributed by atoms with Gasteiger partial charge in [0, 0.05) is 12.2 Å². The maximum Gasteiger partial charge on any atom is 0.262 e. The Morgan fingerprint density at radius 2 is 2.31 bits per heavy atom. The van der Waals surface area contributed by atoms with Crippen molar-refractivity contribution in [1.29, 1.82) is 5.26 Å². The van der Waals surface area contributed by atoms with Gasteiger partial charge in [0.15, 0.2) is 0 Å². The van der Waals surface area contributed by atoms with Gasteiger partial charge in [0.2, 0.25) is 0 Å². The lowest BCUT2D eigenvalue weighted by Gasteiger charge is -2.06. The number of carbonyl (C=O) groups is 1. The molecule has 0 unspecified atom stereocenters. The fourth-order valence-corrected chi connectivity index (χ4v) is 1.10. The number of amides is 1. The average Bonchev–Trinajstić information content (AvgIpc) is 2.26. The van der Waals surface area contributed by atoms with Crippen LogP contribution in [0.15, 0.2) is 30.0 Å². The summed E-state index contributed by atoms with van der Waals surface area (Å²) in [6.07, 6.45) is 3.08. The minimum absolute atomic E-state index is 0.00739. The van der Waals surface area contributed by atoms with Crippen LogP contribution in [-0.2, 0) is 4.79 Å². The van der Waals surface area contributed by atoms with Crippen molar-refractivity contribution in [3.63, 3.8) is 0 Å². The number of nitrogens with one attached hydrogen (secondary N) is 1. The van der Waals surface area contributed by atoms with E-state index in [-0.39, 0.29) is 17.5 Å². The van der Waals surface area contributed by atoms with Crippen molar-refractivity contribution >= 4 is 12.0 Å². The van der Waals surface area contributed by atoms with Gasteiger partial charge in [-0.3, -0.25) is 9.78 Å². The number of hydrogen-bond donors (Lipinski definition) is 1. The van der Waals surface area contributed by atoms with E-state index in [1.807, 2.05) is 19.9 Å². The second kappa shape index (κ2) is 5.66. The molecule has 0 aliphatic carbocycles. The van der Waals surface area contributed by atoms with Gasteiger partial charge < -0.3 is 5.32 Å². The van der Waals surface area contributed by atoms with E-state index in [2.05, 4.69) is 10.3 Å². The van der Waals surface area contributed by atoms with E-state index in [9.17, 15) is 4.79 Å². The molecule has 0 fully saturated rings. The minimum atomic E-state index is -0.372. The topological polar surface area (TPSA) is 65.8 Å². The summed E-state index contributed by atoms with van der Waals surface area (Å²) in [5.74, 6) is -0.372. The first-order chi connectivity index (χ1) is 7.63. The molecule has 1 aromatic heterocycles. The Hall–Kier alpha value is -2.15. The summed E-state index contributed by atoms with van der Waals surface area (Å²) in [5.41, 5.74) is 0.658. The van der Waals surface area contributed by atoms with Crippen molar-refractivity contribution in [2.24, 2.45) is 0 Å². The Kier molecular flexibility index (Phi) is 4.22. The summed E-state index contributed by atoms with van der Waals surface area (Å²) < 4.78 is 0. The van der Waals surface area contributed by atoms with Crippen molar-refractivity contribution in [2.45, 2.75) is 19.9 Å². The fraction of sp³-hybridized carbons (Fsp3) is 0.250. The van der Waals surface area contributed by atoms with E-state index in [4.69, 9.17) is 5.26 Å². The van der Waals surface area contributed by atoms with E-state index in [0.29, 0.717) is 5.69 Å². The predicted molar refractivity (Wildman–Crippen MR) is 61.1 cm³/mol. The van der Waals surface area contributed by atoms with Crippen LogP contribution in [0.1, 0.15) is 19.5 Å². The third-order valence-corrected chi connectivity index (χ3v) is 1.76. The molecule has 0 aliphatic rings. The average molecular weight is 215 g/mol. The van der Waals surface area contributed by atoms with Gasteiger partial charge in [0.1, 0.15) is 11.6 Å². The van der Waals surface area contributed by atoms with Crippen molar-refractivity contribution < 1.29 is 4.79 Å². The summed E-state index contributed by atoms with van der Waals surface area (Å²) in [7, 11) is 0. The van der Waals surface area contributed by atoms with Gasteiger partial charge in [0.25, 0.3) is 5.91 Å². The summed E-state index contributed by atoms with van der Waals surface area (Å²) in [5, 5.41) is 11.5. The largest absolute Gasteiger partial charge is 0.349 e. The molecule has 1 N–H and O–H groups in total. The molecule has 0 bridgehead atoms. The number of pyridine rings is 1. The minimum Gasteiger partial charge on any atom is -0.349 e. The molecular formula is C12H13N3O. The Bertz CT molecular complexity index is 429. The summed E-state index contributed by atoms with van der Waals surface area (Å²) in [6, 6.07) is 7.18. The molecule has 0 spiro atoms. The molecule has 0 aromatic carbocycles. The fourth-order valence-electron chi connectivity index (χ4n) is 1.10. The van der Waals surface area contributed by atoms with Gasteiger partial charge in [-0.25, -0.2) is 0 Å². The van der Waals surface area contributed by atoms with Crippen LogP contribution in [0.5, 0.6) is 0 Å². The van der Waals surface area contributed by atoms with Crippen LogP contribution >= 0.6 is 0 Å². The number of hydrogen-bond acceptors (Lipinski definition) is 3. The highest BCUT2D eigenvalue weighted by molar-refractivity contribution is 6.01. The predicted octanol–water partition coefficient (Wildman–Crippen LogP) is 1.51. The van der Waals surface area contributed by atoms with Gasteiger partial charge in [-0.2, -0.15) is 5.26 Å². The van der Waals surface area contributed by atoms with Gasteiger partial charge in [0.05, 0.1) is 5.69 Å². The molecule has 0 aliphatic heterocycles. The third kappa shape index (κ3) is 3.54. The number of nitriles is 1. The van der Waals surface area contributed by atoms with Crippen LogP contribution in [0.4, 0.5) is 0 Å². The van der Waals surface area contributed by atoms with Crippen LogP contribution < -0.4 is 5.32 Å².